The molecule has 4 heteroatoms. The Morgan fingerprint density at radius 3 is 2.50 bits per heavy atom. The highest BCUT2D eigenvalue weighted by Crippen LogP contribution is 2.25. The largest absolute Gasteiger partial charge is 0.496 e. The molecule has 1 aromatic rings. The van der Waals surface area contributed by atoms with Crippen LogP contribution in [0.2, 0.25) is 0 Å². The first-order chi connectivity index (χ1) is 8.43. The highest BCUT2D eigenvalue weighted by Gasteiger charge is 2.13. The minimum Gasteiger partial charge on any atom is -0.496 e. The zero-order valence-corrected chi connectivity index (χ0v) is 11.2. The van der Waals surface area contributed by atoms with Gasteiger partial charge < -0.3 is 10.1 Å². The Kier molecular flexibility index (Phi) is 4.89. The number of carbonyl (C=O) groups excluding carboxylic acids is 2. The van der Waals surface area contributed by atoms with Crippen LogP contribution < -0.4 is 10.1 Å². The van der Waals surface area contributed by atoms with E-state index in [0.717, 1.165) is 11.3 Å². The summed E-state index contributed by atoms with van der Waals surface area (Å²) in [6.07, 6.45) is 0.603. The van der Waals surface area contributed by atoms with Gasteiger partial charge in [0, 0.05) is 18.5 Å². The van der Waals surface area contributed by atoms with E-state index in [1.165, 1.54) is 6.92 Å². The number of Topliss-reactive ketones (excluding diaryl/α,β-unsaturated/α-hetero) is 1. The van der Waals surface area contributed by atoms with Gasteiger partial charge in [0.15, 0.2) is 0 Å². The van der Waals surface area contributed by atoms with Gasteiger partial charge in [-0.1, -0.05) is 6.92 Å². The van der Waals surface area contributed by atoms with E-state index in [1.54, 1.807) is 26.2 Å². The van der Waals surface area contributed by atoms with E-state index >= 15 is 0 Å². The van der Waals surface area contributed by atoms with Crippen LogP contribution in [0.5, 0.6) is 5.75 Å². The summed E-state index contributed by atoms with van der Waals surface area (Å²) in [5.74, 6) is 0.691. The van der Waals surface area contributed by atoms with Crippen molar-refractivity contribution in [3.8, 4) is 5.75 Å². The minimum atomic E-state index is -0.120. The molecule has 0 saturated carbocycles. The first kappa shape index (κ1) is 14.2. The molecular weight excluding hydrogens is 230 g/mol. The molecule has 0 aliphatic rings. The molecular formula is C14H19NO3. The average Bonchev–Trinajstić information content (AvgIpc) is 2.28. The molecule has 0 radical (unpaired) electrons. The second-order valence-corrected chi connectivity index (χ2v) is 4.42. The molecule has 0 aromatic heterocycles. The van der Waals surface area contributed by atoms with Crippen LogP contribution in [-0.4, -0.2) is 18.8 Å². The molecule has 1 N–H and O–H groups in total. The van der Waals surface area contributed by atoms with Crippen molar-refractivity contribution >= 4 is 17.4 Å². The number of carbonyl (C=O) groups is 2. The SMILES string of the molecule is COc1ccc(NC(C)=O)cc1CC(C)C(C)=O. The van der Waals surface area contributed by atoms with Crippen molar-refractivity contribution < 1.29 is 14.3 Å². The van der Waals surface area contributed by atoms with Crippen LogP contribution in [0.15, 0.2) is 18.2 Å². The number of rotatable bonds is 5. The Morgan fingerprint density at radius 1 is 1.33 bits per heavy atom. The summed E-state index contributed by atoms with van der Waals surface area (Å²) in [7, 11) is 1.59. The van der Waals surface area contributed by atoms with Crippen molar-refractivity contribution in [2.45, 2.75) is 27.2 Å². The molecule has 1 rings (SSSR count). The average molecular weight is 249 g/mol. The summed E-state index contributed by atoms with van der Waals surface area (Å²) in [5.41, 5.74) is 1.64. The summed E-state index contributed by atoms with van der Waals surface area (Å²) >= 11 is 0. The smallest absolute Gasteiger partial charge is 0.221 e. The van der Waals surface area contributed by atoms with Crippen molar-refractivity contribution in [3.05, 3.63) is 23.8 Å². The molecule has 1 unspecified atom stereocenters. The lowest BCUT2D eigenvalue weighted by Gasteiger charge is -2.13. The van der Waals surface area contributed by atoms with E-state index in [2.05, 4.69) is 5.32 Å². The molecule has 0 bridgehead atoms. The monoisotopic (exact) mass is 249 g/mol. The van der Waals surface area contributed by atoms with Gasteiger partial charge in [-0.05, 0) is 37.1 Å². The molecule has 0 aliphatic heterocycles. The Labute approximate surface area is 107 Å². The maximum Gasteiger partial charge on any atom is 0.221 e. The molecule has 0 saturated heterocycles. The maximum absolute atomic E-state index is 11.3. The van der Waals surface area contributed by atoms with Gasteiger partial charge in [0.2, 0.25) is 5.91 Å². The molecule has 0 spiro atoms. The molecule has 18 heavy (non-hydrogen) atoms. The summed E-state index contributed by atoms with van der Waals surface area (Å²) in [6.45, 7) is 4.92. The zero-order valence-electron chi connectivity index (χ0n) is 11.2. The predicted molar refractivity (Wildman–Crippen MR) is 70.8 cm³/mol. The predicted octanol–water partition coefficient (Wildman–Crippen LogP) is 2.42. The van der Waals surface area contributed by atoms with Crippen molar-refractivity contribution in [3.63, 3.8) is 0 Å². The Hall–Kier alpha value is -1.84. The van der Waals surface area contributed by atoms with Gasteiger partial charge >= 0.3 is 0 Å². The van der Waals surface area contributed by atoms with Crippen LogP contribution in [-0.2, 0) is 16.0 Å². The number of amides is 1. The third-order valence-electron chi connectivity index (χ3n) is 2.82. The van der Waals surface area contributed by atoms with Crippen molar-refractivity contribution in [1.29, 1.82) is 0 Å². The van der Waals surface area contributed by atoms with Crippen molar-refractivity contribution in [1.82, 2.24) is 0 Å². The van der Waals surface area contributed by atoms with Crippen LogP contribution in [0.25, 0.3) is 0 Å². The summed E-state index contributed by atoms with van der Waals surface area (Å²) in [6, 6.07) is 5.43. The number of ketones is 1. The summed E-state index contributed by atoms with van der Waals surface area (Å²) in [5, 5.41) is 2.72. The van der Waals surface area contributed by atoms with Crippen LogP contribution in [0.1, 0.15) is 26.3 Å². The van der Waals surface area contributed by atoms with Crippen LogP contribution in [0.4, 0.5) is 5.69 Å². The second-order valence-electron chi connectivity index (χ2n) is 4.42. The van der Waals surface area contributed by atoms with E-state index in [1.807, 2.05) is 13.0 Å². The lowest BCUT2D eigenvalue weighted by molar-refractivity contribution is -0.120. The first-order valence-electron chi connectivity index (χ1n) is 5.89. The van der Waals surface area contributed by atoms with E-state index in [9.17, 15) is 9.59 Å². The van der Waals surface area contributed by atoms with Crippen molar-refractivity contribution in [2.24, 2.45) is 5.92 Å². The zero-order chi connectivity index (χ0) is 13.7. The van der Waals surface area contributed by atoms with Crippen LogP contribution in [0.3, 0.4) is 0 Å². The van der Waals surface area contributed by atoms with E-state index in [0.29, 0.717) is 12.1 Å². The quantitative estimate of drug-likeness (QED) is 0.872. The Balaban J connectivity index is 2.98. The molecule has 98 valence electrons. The number of methoxy groups -OCH3 is 1. The van der Waals surface area contributed by atoms with Gasteiger partial charge in [0.05, 0.1) is 7.11 Å². The Morgan fingerprint density at radius 2 is 2.00 bits per heavy atom. The van der Waals surface area contributed by atoms with E-state index in [-0.39, 0.29) is 17.6 Å². The number of nitrogens with one attached hydrogen (secondary N) is 1. The minimum absolute atomic E-state index is 0.0634. The molecule has 1 aromatic carbocycles. The highest BCUT2D eigenvalue weighted by molar-refractivity contribution is 5.88. The summed E-state index contributed by atoms with van der Waals surface area (Å²) < 4.78 is 5.26. The van der Waals surface area contributed by atoms with Gasteiger partial charge in [-0.2, -0.15) is 0 Å². The standard InChI is InChI=1S/C14H19NO3/c1-9(10(2)16)7-12-8-13(15-11(3)17)5-6-14(12)18-4/h5-6,8-9H,7H2,1-4H3,(H,15,17). The molecule has 1 atom stereocenters. The normalized spacial score (nSPS) is 11.8. The van der Waals surface area contributed by atoms with Gasteiger partial charge in [-0.3, -0.25) is 9.59 Å². The first-order valence-corrected chi connectivity index (χ1v) is 5.89. The van der Waals surface area contributed by atoms with E-state index < -0.39 is 0 Å². The number of benzene rings is 1. The molecule has 0 heterocycles. The molecule has 0 aliphatic carbocycles. The lowest BCUT2D eigenvalue weighted by atomic mass is 9.97. The van der Waals surface area contributed by atoms with Crippen molar-refractivity contribution in [2.75, 3.05) is 12.4 Å². The molecule has 0 fully saturated rings. The highest BCUT2D eigenvalue weighted by atomic mass is 16.5. The van der Waals surface area contributed by atoms with Gasteiger partial charge in [-0.25, -0.2) is 0 Å². The van der Waals surface area contributed by atoms with Gasteiger partial charge in [0.1, 0.15) is 11.5 Å². The molecule has 1 amide bonds. The topological polar surface area (TPSA) is 55.4 Å². The van der Waals surface area contributed by atoms with Gasteiger partial charge in [0.25, 0.3) is 0 Å². The number of hydrogen-bond donors (Lipinski definition) is 1. The third-order valence-corrected chi connectivity index (χ3v) is 2.82. The second kappa shape index (κ2) is 6.19. The lowest BCUT2D eigenvalue weighted by Crippen LogP contribution is -2.11. The fourth-order valence-corrected chi connectivity index (χ4v) is 1.69. The summed E-state index contributed by atoms with van der Waals surface area (Å²) in [4.78, 5) is 22.3. The fourth-order valence-electron chi connectivity index (χ4n) is 1.69. The fraction of sp³-hybridized carbons (Fsp3) is 0.429. The third kappa shape index (κ3) is 3.87. The Bertz CT molecular complexity index is 454. The number of ether oxygens (including phenoxy) is 1. The molecule has 4 nitrogen and oxygen atoms in total. The van der Waals surface area contributed by atoms with E-state index in [4.69, 9.17) is 4.74 Å². The maximum atomic E-state index is 11.3. The number of anilines is 1. The number of hydrogen-bond acceptors (Lipinski definition) is 3. The van der Waals surface area contributed by atoms with Crippen LogP contribution in [0, 0.1) is 5.92 Å². The van der Waals surface area contributed by atoms with Gasteiger partial charge in [-0.15, -0.1) is 0 Å². The van der Waals surface area contributed by atoms with Crippen LogP contribution >= 0.6 is 0 Å².